The van der Waals surface area contributed by atoms with Crippen molar-refractivity contribution in [3.63, 3.8) is 0 Å². The van der Waals surface area contributed by atoms with Crippen LogP contribution in [0.25, 0.3) is 0 Å². The number of nitro groups is 1. The molecule has 0 fully saturated rings. The number of para-hydroxylation sites is 2. The van der Waals surface area contributed by atoms with Crippen molar-refractivity contribution in [3.05, 3.63) is 34.4 Å². The minimum Gasteiger partial charge on any atom is -0.258 e. The first-order valence-electron chi connectivity index (χ1n) is 3.72. The Balaban J connectivity index is 2.84. The molecule has 1 aromatic rings. The second-order valence-corrected chi connectivity index (χ2v) is 3.38. The molecule has 1 unspecified atom stereocenters. The number of rotatable bonds is 5. The zero-order chi connectivity index (χ0) is 11.3. The second-order valence-electron chi connectivity index (χ2n) is 2.28. The Labute approximate surface area is 90.9 Å². The van der Waals surface area contributed by atoms with E-state index in [1.165, 1.54) is 24.3 Å². The summed E-state index contributed by atoms with van der Waals surface area (Å²) in [4.78, 5) is 9.89. The lowest BCUT2D eigenvalue weighted by molar-refractivity contribution is -0.385. The fourth-order valence-corrected chi connectivity index (χ4v) is 1.52. The third kappa shape index (κ3) is 3.43. The molecule has 0 radical (unpaired) electrons. The van der Waals surface area contributed by atoms with Gasteiger partial charge in [0.2, 0.25) is 0 Å². The van der Waals surface area contributed by atoms with Gasteiger partial charge in [-0.05, 0) is 6.07 Å². The highest BCUT2D eigenvalue weighted by molar-refractivity contribution is 7.33. The van der Waals surface area contributed by atoms with Crippen molar-refractivity contribution >= 4 is 25.5 Å². The summed E-state index contributed by atoms with van der Waals surface area (Å²) in [6.07, 6.45) is 0. The molecule has 0 aliphatic rings. The summed E-state index contributed by atoms with van der Waals surface area (Å²) in [7, 11) is -2.48. The number of alkyl halides is 1. The largest absolute Gasteiger partial charge is 0.751 e. The van der Waals surface area contributed by atoms with E-state index in [4.69, 9.17) is 16.1 Å². The standard InChI is InChI=1S/C7H6ClNO5P/c8-5-13-15(12)14-7-4-2-1-3-6(7)9(10)11/h1-4H,5H2/q+1. The first-order chi connectivity index (χ1) is 7.15. The van der Waals surface area contributed by atoms with Gasteiger partial charge in [-0.15, -0.1) is 0 Å². The number of halogens is 1. The van der Waals surface area contributed by atoms with Crippen LogP contribution >= 0.6 is 19.9 Å². The Hall–Kier alpha value is -1.23. The van der Waals surface area contributed by atoms with Gasteiger partial charge in [0.25, 0.3) is 5.75 Å². The van der Waals surface area contributed by atoms with Gasteiger partial charge in [0.05, 0.1) is 4.92 Å². The Morgan fingerprint density at radius 1 is 1.47 bits per heavy atom. The maximum Gasteiger partial charge on any atom is 0.751 e. The molecule has 1 rings (SSSR count). The average Bonchev–Trinajstić information content (AvgIpc) is 2.18. The van der Waals surface area contributed by atoms with Crippen molar-refractivity contribution in [2.75, 3.05) is 6.07 Å². The predicted octanol–water partition coefficient (Wildman–Crippen LogP) is 2.84. The van der Waals surface area contributed by atoms with E-state index in [9.17, 15) is 14.7 Å². The van der Waals surface area contributed by atoms with Crippen LogP contribution in [0.3, 0.4) is 0 Å². The number of hydrogen-bond donors (Lipinski definition) is 0. The van der Waals surface area contributed by atoms with Gasteiger partial charge in [0, 0.05) is 10.6 Å². The average molecular weight is 251 g/mol. The van der Waals surface area contributed by atoms with E-state index in [1.807, 2.05) is 0 Å². The fourth-order valence-electron chi connectivity index (χ4n) is 0.832. The molecular weight excluding hydrogens is 245 g/mol. The quantitative estimate of drug-likeness (QED) is 0.347. The van der Waals surface area contributed by atoms with Gasteiger partial charge in [-0.3, -0.25) is 10.1 Å². The first-order valence-corrected chi connectivity index (χ1v) is 5.35. The SMILES string of the molecule is O=[N+]([O-])c1ccccc1O[P+](=O)OCCl. The van der Waals surface area contributed by atoms with Crippen LogP contribution < -0.4 is 4.52 Å². The molecule has 80 valence electrons. The molecule has 0 aromatic heterocycles. The lowest BCUT2D eigenvalue weighted by Crippen LogP contribution is -1.92. The minimum absolute atomic E-state index is 0.117. The summed E-state index contributed by atoms with van der Waals surface area (Å²) in [5, 5.41) is 10.5. The summed E-state index contributed by atoms with van der Waals surface area (Å²) in [6.45, 7) is 0. The number of hydrogen-bond acceptors (Lipinski definition) is 5. The highest BCUT2D eigenvalue weighted by atomic mass is 35.5. The molecule has 0 saturated carbocycles. The van der Waals surface area contributed by atoms with E-state index in [0.717, 1.165) is 0 Å². The normalized spacial score (nSPS) is 10.9. The number of nitrogens with zero attached hydrogens (tertiary/aromatic N) is 1. The van der Waals surface area contributed by atoms with Crippen LogP contribution in [-0.2, 0) is 9.09 Å². The van der Waals surface area contributed by atoms with Crippen LogP contribution in [0, 0.1) is 10.1 Å². The summed E-state index contributed by atoms with van der Waals surface area (Å²) >= 11 is 5.15. The molecule has 1 aromatic carbocycles. The Bertz CT molecular complexity index is 385. The van der Waals surface area contributed by atoms with Crippen LogP contribution in [0.2, 0.25) is 0 Å². The van der Waals surface area contributed by atoms with Crippen LogP contribution in [0.5, 0.6) is 5.75 Å². The van der Waals surface area contributed by atoms with Gasteiger partial charge in [-0.25, -0.2) is 4.52 Å². The summed E-state index contributed by atoms with van der Waals surface area (Å²) in [6, 6.07) is 5.24. The van der Waals surface area contributed by atoms with Crippen LogP contribution in [0.1, 0.15) is 0 Å². The first kappa shape index (κ1) is 11.8. The molecular formula is C7H6ClNO5P+. The monoisotopic (exact) mass is 250 g/mol. The summed E-state index contributed by atoms with van der Waals surface area (Å²) < 4.78 is 20.1. The van der Waals surface area contributed by atoms with Gasteiger partial charge in [0.1, 0.15) is 0 Å². The molecule has 15 heavy (non-hydrogen) atoms. The molecule has 0 N–H and O–H groups in total. The molecule has 1 atom stereocenters. The van der Waals surface area contributed by atoms with Crippen molar-refractivity contribution in [3.8, 4) is 5.75 Å². The minimum atomic E-state index is -2.48. The van der Waals surface area contributed by atoms with E-state index in [2.05, 4.69) is 4.52 Å². The number of nitro benzene ring substituents is 1. The van der Waals surface area contributed by atoms with Crippen molar-refractivity contribution in [1.29, 1.82) is 0 Å². The predicted molar refractivity (Wildman–Crippen MR) is 53.1 cm³/mol. The Morgan fingerprint density at radius 3 is 2.73 bits per heavy atom. The van der Waals surface area contributed by atoms with Crippen molar-refractivity contribution in [2.45, 2.75) is 0 Å². The second kappa shape index (κ2) is 5.60. The third-order valence-corrected chi connectivity index (χ3v) is 2.34. The molecule has 0 amide bonds. The van der Waals surface area contributed by atoms with Gasteiger partial charge in [0.15, 0.2) is 6.07 Å². The van der Waals surface area contributed by atoms with Gasteiger partial charge in [-0.2, -0.15) is 0 Å². The smallest absolute Gasteiger partial charge is 0.258 e. The number of benzene rings is 1. The molecule has 0 bridgehead atoms. The molecule has 0 heterocycles. The van der Waals surface area contributed by atoms with Gasteiger partial charge >= 0.3 is 13.9 Å². The van der Waals surface area contributed by atoms with Crippen LogP contribution in [0.4, 0.5) is 5.69 Å². The topological polar surface area (TPSA) is 78.7 Å². The van der Waals surface area contributed by atoms with E-state index in [1.54, 1.807) is 0 Å². The third-order valence-electron chi connectivity index (χ3n) is 1.39. The molecule has 0 aliphatic carbocycles. The fraction of sp³-hybridized carbons (Fsp3) is 0.143. The van der Waals surface area contributed by atoms with Crippen LogP contribution in [0.15, 0.2) is 24.3 Å². The van der Waals surface area contributed by atoms with E-state index in [0.29, 0.717) is 0 Å². The molecule has 8 heteroatoms. The van der Waals surface area contributed by atoms with Crippen molar-refractivity contribution < 1.29 is 18.5 Å². The Kier molecular flexibility index (Phi) is 4.42. The summed E-state index contributed by atoms with van der Waals surface area (Å²) in [5.74, 6) is -0.117. The summed E-state index contributed by atoms with van der Waals surface area (Å²) in [5.41, 5.74) is -0.279. The molecule has 0 saturated heterocycles. The van der Waals surface area contributed by atoms with Crippen molar-refractivity contribution in [2.24, 2.45) is 0 Å². The van der Waals surface area contributed by atoms with Crippen LogP contribution in [-0.4, -0.2) is 11.0 Å². The van der Waals surface area contributed by atoms with E-state index >= 15 is 0 Å². The van der Waals surface area contributed by atoms with Gasteiger partial charge in [-0.1, -0.05) is 28.3 Å². The maximum absolute atomic E-state index is 11.0. The lowest BCUT2D eigenvalue weighted by atomic mass is 10.3. The lowest BCUT2D eigenvalue weighted by Gasteiger charge is -1.94. The maximum atomic E-state index is 11.0. The Morgan fingerprint density at radius 2 is 2.13 bits per heavy atom. The molecule has 0 spiro atoms. The highest BCUT2D eigenvalue weighted by Crippen LogP contribution is 2.34. The van der Waals surface area contributed by atoms with Gasteiger partial charge < -0.3 is 0 Å². The zero-order valence-corrected chi connectivity index (χ0v) is 8.98. The highest BCUT2D eigenvalue weighted by Gasteiger charge is 2.27. The van der Waals surface area contributed by atoms with Crippen molar-refractivity contribution in [1.82, 2.24) is 0 Å². The zero-order valence-electron chi connectivity index (χ0n) is 7.33. The van der Waals surface area contributed by atoms with E-state index in [-0.39, 0.29) is 17.5 Å². The molecule has 6 nitrogen and oxygen atoms in total. The van der Waals surface area contributed by atoms with E-state index < -0.39 is 13.2 Å². The molecule has 0 aliphatic heterocycles.